The van der Waals surface area contributed by atoms with E-state index in [4.69, 9.17) is 11.5 Å². The normalized spacial score (nSPS) is 9.85. The van der Waals surface area contributed by atoms with Crippen LogP contribution < -0.4 is 22.1 Å². The zero-order chi connectivity index (χ0) is 24.3. The van der Waals surface area contributed by atoms with Crippen molar-refractivity contribution in [1.29, 1.82) is 0 Å². The predicted molar refractivity (Wildman–Crippen MR) is 134 cm³/mol. The highest BCUT2D eigenvalue weighted by molar-refractivity contribution is 5.71. The lowest BCUT2D eigenvalue weighted by Gasteiger charge is -2.06. The molecule has 0 spiro atoms. The molecule has 0 saturated heterocycles. The van der Waals surface area contributed by atoms with Crippen molar-refractivity contribution in [3.63, 3.8) is 0 Å². The first kappa shape index (κ1) is 28.0. The third kappa shape index (κ3) is 13.9. The Morgan fingerprint density at radius 2 is 1.12 bits per heavy atom. The summed E-state index contributed by atoms with van der Waals surface area (Å²) in [6.07, 6.45) is 6.21. The van der Waals surface area contributed by atoms with E-state index in [1.54, 1.807) is 12.3 Å². The van der Waals surface area contributed by atoms with Crippen molar-refractivity contribution in [2.24, 2.45) is 11.5 Å². The summed E-state index contributed by atoms with van der Waals surface area (Å²) in [6, 6.07) is 11.9. The van der Waals surface area contributed by atoms with Crippen molar-refractivity contribution in [3.8, 4) is 0 Å². The Balaban J connectivity index is 0.000000345. The van der Waals surface area contributed by atoms with Gasteiger partial charge in [0.1, 0.15) is 5.69 Å². The second-order valence-electron chi connectivity index (χ2n) is 7.46. The molecule has 0 saturated carbocycles. The van der Waals surface area contributed by atoms with Gasteiger partial charge in [0.25, 0.3) is 0 Å². The summed E-state index contributed by atoms with van der Waals surface area (Å²) >= 11 is 0. The highest BCUT2D eigenvalue weighted by atomic mass is 16.1. The number of hydrogen-bond acceptors (Lipinski definition) is 8. The minimum atomic E-state index is 0.487. The van der Waals surface area contributed by atoms with Gasteiger partial charge in [0.15, 0.2) is 6.29 Å². The van der Waals surface area contributed by atoms with Gasteiger partial charge in [-0.15, -0.1) is 0 Å². The average Bonchev–Trinajstić information content (AvgIpc) is 2.84. The second kappa shape index (κ2) is 17.5. The lowest BCUT2D eigenvalue weighted by molar-refractivity contribution is 0.111. The molecule has 3 aromatic rings. The van der Waals surface area contributed by atoms with Gasteiger partial charge in [-0.1, -0.05) is 18.2 Å². The number of carbonyl (C=O) groups excluding carboxylic acids is 1. The monoisotopic (exact) mass is 451 g/mol. The number of carbonyl (C=O) groups is 1. The molecule has 0 aliphatic rings. The average molecular weight is 452 g/mol. The first-order valence-electron chi connectivity index (χ1n) is 11.0. The summed E-state index contributed by atoms with van der Waals surface area (Å²) in [5, 5.41) is 6.74. The number of aromatic nitrogens is 3. The third-order valence-corrected chi connectivity index (χ3v) is 4.26. The van der Waals surface area contributed by atoms with Crippen molar-refractivity contribution in [3.05, 3.63) is 88.8 Å². The fourth-order valence-corrected chi connectivity index (χ4v) is 2.36. The highest BCUT2D eigenvalue weighted by Crippen LogP contribution is 1.98. The lowest BCUT2D eigenvalue weighted by atomic mass is 10.3. The molecule has 33 heavy (non-hydrogen) atoms. The Labute approximate surface area is 197 Å². The number of aldehydes is 1. The first-order valence-corrected chi connectivity index (χ1v) is 11.0. The van der Waals surface area contributed by atoms with E-state index in [0.717, 1.165) is 49.4 Å². The predicted octanol–water partition coefficient (Wildman–Crippen LogP) is 2.08. The maximum Gasteiger partial charge on any atom is 0.168 e. The van der Waals surface area contributed by atoms with Crippen molar-refractivity contribution < 1.29 is 4.79 Å². The van der Waals surface area contributed by atoms with Crippen molar-refractivity contribution in [2.45, 2.75) is 33.9 Å². The Bertz CT molecular complexity index is 831. The zero-order valence-electron chi connectivity index (χ0n) is 19.9. The highest BCUT2D eigenvalue weighted by Gasteiger charge is 1.95. The molecule has 0 aliphatic carbocycles. The molecule has 8 nitrogen and oxygen atoms in total. The fraction of sp³-hybridized carbons (Fsp3) is 0.360. The van der Waals surface area contributed by atoms with E-state index >= 15 is 0 Å². The number of nitrogens with one attached hydrogen (secondary N) is 2. The van der Waals surface area contributed by atoms with Crippen LogP contribution in [-0.4, -0.2) is 47.4 Å². The van der Waals surface area contributed by atoms with Gasteiger partial charge in [0, 0.05) is 57.9 Å². The van der Waals surface area contributed by atoms with Crippen LogP contribution in [0.15, 0.2) is 55.0 Å². The number of nitrogens with two attached hydrogens (primary N) is 2. The van der Waals surface area contributed by atoms with E-state index in [2.05, 4.69) is 49.9 Å². The Morgan fingerprint density at radius 1 is 0.697 bits per heavy atom. The maximum atomic E-state index is 10.1. The quantitative estimate of drug-likeness (QED) is 0.287. The molecular weight excluding hydrogens is 414 g/mol. The molecule has 6 N–H and O–H groups in total. The van der Waals surface area contributed by atoms with Gasteiger partial charge in [0.05, 0.1) is 11.4 Å². The Hall–Kier alpha value is -3.04. The summed E-state index contributed by atoms with van der Waals surface area (Å²) in [5.41, 5.74) is 15.9. The van der Waals surface area contributed by atoms with E-state index in [-0.39, 0.29) is 0 Å². The Kier molecular flexibility index (Phi) is 14.9. The maximum absolute atomic E-state index is 10.1. The molecule has 3 aromatic heterocycles. The van der Waals surface area contributed by atoms with Gasteiger partial charge in [-0.2, -0.15) is 0 Å². The molecule has 178 valence electrons. The largest absolute Gasteiger partial charge is 0.329 e. The van der Waals surface area contributed by atoms with Gasteiger partial charge in [-0.3, -0.25) is 19.7 Å². The van der Waals surface area contributed by atoms with E-state index in [1.165, 1.54) is 11.1 Å². The van der Waals surface area contributed by atoms with Gasteiger partial charge in [-0.25, -0.2) is 0 Å². The number of nitrogens with zero attached hydrogens (tertiary/aromatic N) is 3. The van der Waals surface area contributed by atoms with E-state index < -0.39 is 0 Å². The molecular formula is C25H37N7O. The van der Waals surface area contributed by atoms with E-state index in [9.17, 15) is 4.79 Å². The minimum Gasteiger partial charge on any atom is -0.329 e. The zero-order valence-corrected chi connectivity index (χ0v) is 19.9. The van der Waals surface area contributed by atoms with Crippen LogP contribution in [0, 0.1) is 20.8 Å². The molecule has 0 unspecified atom stereocenters. The fourth-order valence-electron chi connectivity index (χ4n) is 2.36. The van der Waals surface area contributed by atoms with Gasteiger partial charge >= 0.3 is 0 Å². The number of aryl methyl sites for hydroxylation is 3. The molecule has 3 heterocycles. The molecule has 8 heteroatoms. The van der Waals surface area contributed by atoms with Crippen LogP contribution in [0.25, 0.3) is 0 Å². The topological polar surface area (TPSA) is 132 Å². The molecule has 0 atom stereocenters. The summed E-state index contributed by atoms with van der Waals surface area (Å²) in [7, 11) is 0. The molecule has 0 amide bonds. The summed E-state index contributed by atoms with van der Waals surface area (Å²) in [4.78, 5) is 22.6. The van der Waals surface area contributed by atoms with Crippen molar-refractivity contribution in [1.82, 2.24) is 25.6 Å². The molecule has 0 aromatic carbocycles. The number of rotatable bonds is 9. The second-order valence-corrected chi connectivity index (χ2v) is 7.46. The van der Waals surface area contributed by atoms with Crippen LogP contribution in [0.5, 0.6) is 0 Å². The van der Waals surface area contributed by atoms with Crippen LogP contribution in [-0.2, 0) is 13.1 Å². The minimum absolute atomic E-state index is 0.487. The summed E-state index contributed by atoms with van der Waals surface area (Å²) in [6.45, 7) is 10.7. The van der Waals surface area contributed by atoms with Crippen LogP contribution in [0.2, 0.25) is 0 Å². The van der Waals surface area contributed by atoms with E-state index in [0.29, 0.717) is 18.8 Å². The number of pyridine rings is 3. The number of hydrogen-bond donors (Lipinski definition) is 4. The van der Waals surface area contributed by atoms with Gasteiger partial charge in [0.2, 0.25) is 0 Å². The van der Waals surface area contributed by atoms with Crippen LogP contribution in [0.3, 0.4) is 0 Å². The first-order chi connectivity index (χ1) is 16.0. The molecule has 0 fully saturated rings. The van der Waals surface area contributed by atoms with Crippen LogP contribution in [0.4, 0.5) is 0 Å². The van der Waals surface area contributed by atoms with Crippen molar-refractivity contribution in [2.75, 3.05) is 26.2 Å². The van der Waals surface area contributed by atoms with Crippen LogP contribution >= 0.6 is 0 Å². The molecule has 0 aliphatic heterocycles. The van der Waals surface area contributed by atoms with Gasteiger partial charge < -0.3 is 22.1 Å². The smallest absolute Gasteiger partial charge is 0.168 e. The Morgan fingerprint density at radius 3 is 1.42 bits per heavy atom. The van der Waals surface area contributed by atoms with Crippen LogP contribution in [0.1, 0.15) is 38.6 Å². The molecule has 0 bridgehead atoms. The SMILES string of the molecule is Cc1ccc(C=O)nc1.Cc1ccc(CNCCNCc2ccc(C)cn2)nc1.NCCN. The van der Waals surface area contributed by atoms with Gasteiger partial charge in [-0.05, 0) is 55.7 Å². The third-order valence-electron chi connectivity index (χ3n) is 4.26. The lowest BCUT2D eigenvalue weighted by Crippen LogP contribution is -2.27. The van der Waals surface area contributed by atoms with E-state index in [1.807, 2.05) is 39.2 Å². The molecule has 3 rings (SSSR count). The summed E-state index contributed by atoms with van der Waals surface area (Å²) < 4.78 is 0. The standard InChI is InChI=1S/C16H22N4.C7H7NO.C2H8N2/c1-13-3-5-15(19-9-13)11-17-7-8-18-12-16-6-4-14(2)10-20-16;1-6-2-3-7(5-9)8-4-6;3-1-2-4/h3-6,9-10,17-18H,7-8,11-12H2,1-2H3;2-5H,1H3;1-4H2. The van der Waals surface area contributed by atoms with Crippen molar-refractivity contribution >= 4 is 6.29 Å². The summed E-state index contributed by atoms with van der Waals surface area (Å²) in [5.74, 6) is 0. The molecule has 0 radical (unpaired) electrons.